The molecule has 1 aromatic heterocycles. The maximum atomic E-state index is 13.1. The van der Waals surface area contributed by atoms with Crippen molar-refractivity contribution in [3.63, 3.8) is 0 Å². The highest BCUT2D eigenvalue weighted by atomic mass is 19.4. The first-order chi connectivity index (χ1) is 13.4. The molecule has 1 aliphatic rings. The summed E-state index contributed by atoms with van der Waals surface area (Å²) in [6.45, 7) is -0.0915. The fourth-order valence-corrected chi connectivity index (χ4v) is 3.95. The number of piperidine rings is 1. The summed E-state index contributed by atoms with van der Waals surface area (Å²) >= 11 is 0. The second-order valence-corrected chi connectivity index (χ2v) is 7.17. The normalized spacial score (nSPS) is 18.0. The predicted molar refractivity (Wildman–Crippen MR) is 101 cm³/mol. The number of hydrogen-bond donors (Lipinski definition) is 0. The SMILES string of the molecule is O=C(Cn1c2ccccc2c(=O)c2ccccc21)N1CCC[C@@H](C(F)(F)F)C1. The third kappa shape index (κ3) is 3.25. The van der Waals surface area contributed by atoms with E-state index in [1.165, 1.54) is 4.90 Å². The molecular formula is C21H19F3N2O2. The monoisotopic (exact) mass is 388 g/mol. The molecule has 0 spiro atoms. The van der Waals surface area contributed by atoms with E-state index in [1.54, 1.807) is 53.1 Å². The lowest BCUT2D eigenvalue weighted by molar-refractivity contribution is -0.188. The maximum absolute atomic E-state index is 13.1. The van der Waals surface area contributed by atoms with Gasteiger partial charge in [0.2, 0.25) is 5.91 Å². The molecule has 1 atom stereocenters. The molecule has 0 aliphatic carbocycles. The van der Waals surface area contributed by atoms with Crippen molar-refractivity contribution >= 4 is 27.7 Å². The highest BCUT2D eigenvalue weighted by Crippen LogP contribution is 2.33. The molecular weight excluding hydrogens is 369 g/mol. The number of nitrogens with zero attached hydrogens (tertiary/aromatic N) is 2. The van der Waals surface area contributed by atoms with Gasteiger partial charge in [-0.25, -0.2) is 0 Å². The van der Waals surface area contributed by atoms with Gasteiger partial charge in [-0.3, -0.25) is 9.59 Å². The summed E-state index contributed by atoms with van der Waals surface area (Å²) in [4.78, 5) is 26.9. The number of amides is 1. The number of alkyl halides is 3. The van der Waals surface area contributed by atoms with Crippen molar-refractivity contribution in [2.24, 2.45) is 5.92 Å². The largest absolute Gasteiger partial charge is 0.393 e. The molecule has 4 rings (SSSR count). The number of likely N-dealkylation sites (tertiary alicyclic amines) is 1. The Labute approximate surface area is 159 Å². The highest BCUT2D eigenvalue weighted by molar-refractivity contribution is 5.94. The maximum Gasteiger partial charge on any atom is 0.393 e. The van der Waals surface area contributed by atoms with E-state index in [1.807, 2.05) is 0 Å². The third-order valence-electron chi connectivity index (χ3n) is 5.41. The molecule has 1 fully saturated rings. The molecule has 0 saturated carbocycles. The van der Waals surface area contributed by atoms with Gasteiger partial charge in [-0.2, -0.15) is 13.2 Å². The van der Waals surface area contributed by atoms with E-state index in [0.29, 0.717) is 34.8 Å². The standard InChI is InChI=1S/C21H19F3N2O2/c22-21(23,24)14-6-5-11-25(12-14)19(27)13-26-17-9-3-1-7-15(17)20(28)16-8-2-4-10-18(16)26/h1-4,7-10,14H,5-6,11-13H2/t14-/m1/s1. The Morgan fingerprint density at radius 2 is 1.57 bits per heavy atom. The zero-order chi connectivity index (χ0) is 19.9. The minimum atomic E-state index is -4.30. The Hall–Kier alpha value is -2.83. The van der Waals surface area contributed by atoms with Crippen LogP contribution in [-0.4, -0.2) is 34.6 Å². The lowest BCUT2D eigenvalue weighted by Crippen LogP contribution is -2.45. The summed E-state index contributed by atoms with van der Waals surface area (Å²) in [5, 5.41) is 0.974. The van der Waals surface area contributed by atoms with Crippen LogP contribution >= 0.6 is 0 Å². The molecule has 1 amide bonds. The second kappa shape index (κ2) is 6.96. The first-order valence-corrected chi connectivity index (χ1v) is 9.21. The smallest absolute Gasteiger partial charge is 0.341 e. The van der Waals surface area contributed by atoms with E-state index in [2.05, 4.69) is 0 Å². The highest BCUT2D eigenvalue weighted by Gasteiger charge is 2.42. The summed E-state index contributed by atoms with van der Waals surface area (Å²) in [6.07, 6.45) is -3.91. The first-order valence-electron chi connectivity index (χ1n) is 9.21. The molecule has 7 heteroatoms. The minimum Gasteiger partial charge on any atom is -0.341 e. The van der Waals surface area contributed by atoms with E-state index in [4.69, 9.17) is 0 Å². The fraction of sp³-hybridized carbons (Fsp3) is 0.333. The Kier molecular flexibility index (Phi) is 4.61. The number of carbonyl (C=O) groups is 1. The van der Waals surface area contributed by atoms with Crippen LogP contribution in [0.2, 0.25) is 0 Å². The summed E-state index contributed by atoms with van der Waals surface area (Å²) in [5.41, 5.74) is 1.08. The molecule has 146 valence electrons. The number of pyridine rings is 1. The zero-order valence-electron chi connectivity index (χ0n) is 15.1. The van der Waals surface area contributed by atoms with Crippen LogP contribution in [0.4, 0.5) is 13.2 Å². The number of rotatable bonds is 2. The molecule has 4 nitrogen and oxygen atoms in total. The molecule has 0 N–H and O–H groups in total. The molecule has 2 aromatic carbocycles. The van der Waals surface area contributed by atoms with E-state index < -0.39 is 12.1 Å². The van der Waals surface area contributed by atoms with Crippen LogP contribution in [0.1, 0.15) is 12.8 Å². The van der Waals surface area contributed by atoms with Crippen LogP contribution in [0, 0.1) is 5.92 Å². The lowest BCUT2D eigenvalue weighted by Gasteiger charge is -2.34. The van der Waals surface area contributed by atoms with Gasteiger partial charge in [-0.15, -0.1) is 0 Å². The first kappa shape index (κ1) is 18.5. The quantitative estimate of drug-likeness (QED) is 0.624. The number of fused-ring (bicyclic) bond motifs is 2. The number of benzene rings is 2. The Morgan fingerprint density at radius 3 is 2.14 bits per heavy atom. The molecule has 0 unspecified atom stereocenters. The van der Waals surface area contributed by atoms with E-state index >= 15 is 0 Å². The zero-order valence-corrected chi connectivity index (χ0v) is 15.1. The van der Waals surface area contributed by atoms with Crippen molar-refractivity contribution in [1.82, 2.24) is 9.47 Å². The summed E-state index contributed by atoms with van der Waals surface area (Å²) < 4.78 is 41.0. The summed E-state index contributed by atoms with van der Waals surface area (Å²) in [5.74, 6) is -1.85. The molecule has 0 radical (unpaired) electrons. The van der Waals surface area contributed by atoms with Crippen molar-refractivity contribution in [2.75, 3.05) is 13.1 Å². The van der Waals surface area contributed by atoms with Crippen LogP contribution in [-0.2, 0) is 11.3 Å². The molecule has 3 aromatic rings. The summed E-state index contributed by atoms with van der Waals surface area (Å²) in [6, 6.07) is 14.0. The van der Waals surface area contributed by atoms with Crippen molar-refractivity contribution in [3.05, 3.63) is 58.8 Å². The van der Waals surface area contributed by atoms with E-state index in [-0.39, 0.29) is 30.8 Å². The van der Waals surface area contributed by atoms with Crippen LogP contribution in [0.3, 0.4) is 0 Å². The van der Waals surface area contributed by atoms with Gasteiger partial charge in [-0.1, -0.05) is 24.3 Å². The van der Waals surface area contributed by atoms with Crippen LogP contribution < -0.4 is 5.43 Å². The van der Waals surface area contributed by atoms with Crippen LogP contribution in [0.25, 0.3) is 21.8 Å². The molecule has 2 heterocycles. The molecule has 0 bridgehead atoms. The van der Waals surface area contributed by atoms with E-state index in [0.717, 1.165) is 0 Å². The van der Waals surface area contributed by atoms with Gasteiger partial charge >= 0.3 is 6.18 Å². The van der Waals surface area contributed by atoms with Gasteiger partial charge in [0.1, 0.15) is 6.54 Å². The van der Waals surface area contributed by atoms with Crippen molar-refractivity contribution in [2.45, 2.75) is 25.6 Å². The number of hydrogen-bond acceptors (Lipinski definition) is 2. The third-order valence-corrected chi connectivity index (χ3v) is 5.41. The molecule has 28 heavy (non-hydrogen) atoms. The van der Waals surface area contributed by atoms with Crippen LogP contribution in [0.5, 0.6) is 0 Å². The minimum absolute atomic E-state index is 0.0527. The van der Waals surface area contributed by atoms with Gasteiger partial charge in [0.05, 0.1) is 17.0 Å². The topological polar surface area (TPSA) is 42.3 Å². The average Bonchev–Trinajstić information content (AvgIpc) is 2.70. The van der Waals surface area contributed by atoms with Gasteiger partial charge in [-0.05, 0) is 37.1 Å². The lowest BCUT2D eigenvalue weighted by atomic mass is 9.97. The Balaban J connectivity index is 1.74. The Morgan fingerprint density at radius 1 is 1.00 bits per heavy atom. The average molecular weight is 388 g/mol. The van der Waals surface area contributed by atoms with Crippen molar-refractivity contribution < 1.29 is 18.0 Å². The van der Waals surface area contributed by atoms with Crippen molar-refractivity contribution in [1.29, 1.82) is 0 Å². The van der Waals surface area contributed by atoms with Gasteiger partial charge in [0, 0.05) is 23.9 Å². The molecule has 1 aliphatic heterocycles. The van der Waals surface area contributed by atoms with Crippen molar-refractivity contribution in [3.8, 4) is 0 Å². The Bertz CT molecular complexity index is 1040. The fourth-order valence-electron chi connectivity index (χ4n) is 3.95. The van der Waals surface area contributed by atoms with E-state index in [9.17, 15) is 22.8 Å². The van der Waals surface area contributed by atoms with Crippen LogP contribution in [0.15, 0.2) is 53.3 Å². The van der Waals surface area contributed by atoms with Gasteiger partial charge < -0.3 is 9.47 Å². The number of aromatic nitrogens is 1. The number of para-hydroxylation sites is 2. The predicted octanol–water partition coefficient (Wildman–Crippen LogP) is 3.96. The van der Waals surface area contributed by atoms with Gasteiger partial charge in [0.25, 0.3) is 0 Å². The summed E-state index contributed by atoms with van der Waals surface area (Å²) in [7, 11) is 0. The second-order valence-electron chi connectivity index (χ2n) is 7.17. The molecule has 1 saturated heterocycles. The number of halogens is 3. The number of carbonyl (C=O) groups excluding carboxylic acids is 1. The van der Waals surface area contributed by atoms with Gasteiger partial charge in [0.15, 0.2) is 5.43 Å².